The van der Waals surface area contributed by atoms with Crippen molar-refractivity contribution in [2.75, 3.05) is 19.7 Å². The first-order valence-corrected chi connectivity index (χ1v) is 11.0. The fraction of sp³-hybridized carbons (Fsp3) is 0.409. The maximum atomic E-state index is 13.0. The van der Waals surface area contributed by atoms with Crippen molar-refractivity contribution in [3.8, 4) is 10.7 Å². The second-order valence-electron chi connectivity index (χ2n) is 7.21. The van der Waals surface area contributed by atoms with E-state index >= 15 is 0 Å². The molecule has 0 N–H and O–H groups in total. The lowest BCUT2D eigenvalue weighted by Crippen LogP contribution is -2.42. The molecule has 1 aromatic carbocycles. The number of piperidine rings is 1. The minimum Gasteiger partial charge on any atom is -0.466 e. The summed E-state index contributed by atoms with van der Waals surface area (Å²) in [5.41, 5.74) is 2.64. The summed E-state index contributed by atoms with van der Waals surface area (Å²) >= 11 is 1.48. The molecule has 1 unspecified atom stereocenters. The molecule has 2 aromatic heterocycles. The van der Waals surface area contributed by atoms with Crippen LogP contribution >= 0.6 is 11.3 Å². The van der Waals surface area contributed by atoms with Crippen LogP contribution in [-0.2, 0) is 16.1 Å². The number of hydrogen-bond donors (Lipinski definition) is 0. The highest BCUT2D eigenvalue weighted by molar-refractivity contribution is 7.13. The first-order valence-electron chi connectivity index (χ1n) is 10.1. The summed E-state index contributed by atoms with van der Waals surface area (Å²) in [7, 11) is 0. The highest BCUT2D eigenvalue weighted by Gasteiger charge is 2.30. The van der Waals surface area contributed by atoms with Gasteiger partial charge in [0, 0.05) is 35.9 Å². The average molecular weight is 412 g/mol. The molecule has 4 rings (SSSR count). The number of fused-ring (bicyclic) bond motifs is 1. The van der Waals surface area contributed by atoms with Crippen molar-refractivity contribution in [2.45, 2.75) is 33.2 Å². The Bertz CT molecular complexity index is 1040. The molecule has 1 fully saturated rings. The number of para-hydroxylation sites is 1. The van der Waals surface area contributed by atoms with Gasteiger partial charge in [-0.1, -0.05) is 18.2 Å². The minimum absolute atomic E-state index is 0.111. The van der Waals surface area contributed by atoms with Gasteiger partial charge in [-0.25, -0.2) is 4.98 Å². The zero-order chi connectivity index (χ0) is 20.4. The van der Waals surface area contributed by atoms with E-state index in [9.17, 15) is 9.59 Å². The molecule has 3 aromatic rings. The highest BCUT2D eigenvalue weighted by atomic mass is 32.1. The van der Waals surface area contributed by atoms with Gasteiger partial charge in [0.25, 0.3) is 5.91 Å². The summed E-state index contributed by atoms with van der Waals surface area (Å²) in [6.07, 6.45) is 1.57. The topological polar surface area (TPSA) is 64.4 Å². The van der Waals surface area contributed by atoms with Gasteiger partial charge in [-0.3, -0.25) is 9.59 Å². The van der Waals surface area contributed by atoms with Crippen LogP contribution in [0.3, 0.4) is 0 Å². The molecule has 29 heavy (non-hydrogen) atoms. The molecule has 1 saturated heterocycles. The Morgan fingerprint density at radius 2 is 2.10 bits per heavy atom. The summed E-state index contributed by atoms with van der Waals surface area (Å²) in [6.45, 7) is 6.16. The van der Waals surface area contributed by atoms with Crippen LogP contribution in [-0.4, -0.2) is 46.0 Å². The average Bonchev–Trinajstić information content (AvgIpc) is 3.38. The number of carbonyl (C=O) groups excluding carboxylic acids is 2. The zero-order valence-corrected chi connectivity index (χ0v) is 17.6. The van der Waals surface area contributed by atoms with E-state index in [2.05, 4.69) is 34.7 Å². The van der Waals surface area contributed by atoms with Gasteiger partial charge in [0.1, 0.15) is 10.7 Å². The molecule has 0 spiro atoms. The number of nitrogens with zero attached hydrogens (tertiary/aromatic N) is 3. The number of esters is 1. The third-order valence-corrected chi connectivity index (χ3v) is 6.26. The summed E-state index contributed by atoms with van der Waals surface area (Å²) < 4.78 is 7.36. The lowest BCUT2D eigenvalue weighted by molar-refractivity contribution is -0.149. The monoisotopic (exact) mass is 411 g/mol. The molecule has 1 atom stereocenters. The molecule has 0 bridgehead atoms. The number of likely N-dealkylation sites (tertiary alicyclic amines) is 1. The summed E-state index contributed by atoms with van der Waals surface area (Å²) in [5, 5.41) is 3.83. The number of amides is 1. The number of aromatic nitrogens is 2. The highest BCUT2D eigenvalue weighted by Crippen LogP contribution is 2.31. The van der Waals surface area contributed by atoms with E-state index in [0.29, 0.717) is 25.4 Å². The van der Waals surface area contributed by atoms with Crippen LogP contribution in [0.4, 0.5) is 0 Å². The van der Waals surface area contributed by atoms with Crippen LogP contribution in [0.15, 0.2) is 35.7 Å². The molecule has 1 amide bonds. The Balaban J connectivity index is 1.56. The van der Waals surface area contributed by atoms with E-state index in [1.165, 1.54) is 22.2 Å². The Kier molecular flexibility index (Phi) is 5.67. The quantitative estimate of drug-likeness (QED) is 0.590. The van der Waals surface area contributed by atoms with E-state index in [-0.39, 0.29) is 17.8 Å². The minimum atomic E-state index is -0.242. The van der Waals surface area contributed by atoms with Gasteiger partial charge in [0.15, 0.2) is 0 Å². The van der Waals surface area contributed by atoms with Crippen LogP contribution in [0, 0.1) is 5.92 Å². The molecule has 1 aliphatic heterocycles. The largest absolute Gasteiger partial charge is 0.466 e. The Morgan fingerprint density at radius 1 is 1.28 bits per heavy atom. The standard InChI is InChI=1S/C22H25N3O3S/c1-3-25-18-10-6-5-8-15(18)12-19(25)20-23-17(14-29-20)21(26)24-11-7-9-16(13-24)22(27)28-4-2/h5-6,8,10,12,14,16H,3-4,7,9,11,13H2,1-2H3. The lowest BCUT2D eigenvalue weighted by Gasteiger charge is -2.31. The molecule has 0 radical (unpaired) electrons. The van der Waals surface area contributed by atoms with Gasteiger partial charge in [-0.15, -0.1) is 11.3 Å². The van der Waals surface area contributed by atoms with Crippen molar-refractivity contribution >= 4 is 34.1 Å². The predicted octanol–water partition coefficient (Wildman–Crippen LogP) is 4.20. The van der Waals surface area contributed by atoms with Crippen molar-refractivity contribution in [3.63, 3.8) is 0 Å². The third kappa shape index (κ3) is 3.79. The fourth-order valence-electron chi connectivity index (χ4n) is 3.99. The Morgan fingerprint density at radius 3 is 2.90 bits per heavy atom. The number of carbonyl (C=O) groups is 2. The van der Waals surface area contributed by atoms with E-state index < -0.39 is 0 Å². The van der Waals surface area contributed by atoms with Gasteiger partial charge < -0.3 is 14.2 Å². The van der Waals surface area contributed by atoms with E-state index in [1.54, 1.807) is 11.8 Å². The third-order valence-electron chi connectivity index (χ3n) is 5.40. The van der Waals surface area contributed by atoms with Crippen molar-refractivity contribution in [3.05, 3.63) is 41.4 Å². The molecule has 152 valence electrons. The number of aryl methyl sites for hydroxylation is 1. The van der Waals surface area contributed by atoms with Crippen molar-refractivity contribution in [2.24, 2.45) is 5.92 Å². The molecule has 7 heteroatoms. The second-order valence-corrected chi connectivity index (χ2v) is 8.07. The van der Waals surface area contributed by atoms with Crippen LogP contribution in [0.1, 0.15) is 37.2 Å². The van der Waals surface area contributed by atoms with Gasteiger partial charge in [-0.2, -0.15) is 0 Å². The van der Waals surface area contributed by atoms with Crippen LogP contribution < -0.4 is 0 Å². The Hall–Kier alpha value is -2.67. The maximum absolute atomic E-state index is 13.0. The number of rotatable bonds is 5. The number of ether oxygens (including phenoxy) is 1. The van der Waals surface area contributed by atoms with E-state index in [1.807, 2.05) is 17.5 Å². The van der Waals surface area contributed by atoms with E-state index in [4.69, 9.17) is 4.74 Å². The van der Waals surface area contributed by atoms with Crippen LogP contribution in [0.25, 0.3) is 21.6 Å². The normalized spacial score (nSPS) is 16.9. The second kappa shape index (κ2) is 8.37. The molecule has 3 heterocycles. The first kappa shape index (κ1) is 19.6. The zero-order valence-electron chi connectivity index (χ0n) is 16.8. The van der Waals surface area contributed by atoms with Gasteiger partial charge in [0.2, 0.25) is 0 Å². The van der Waals surface area contributed by atoms with Crippen molar-refractivity contribution in [1.82, 2.24) is 14.5 Å². The molecule has 0 saturated carbocycles. The number of thiazole rings is 1. The van der Waals surface area contributed by atoms with Gasteiger partial charge >= 0.3 is 5.97 Å². The van der Waals surface area contributed by atoms with Crippen molar-refractivity contribution in [1.29, 1.82) is 0 Å². The van der Waals surface area contributed by atoms with Crippen LogP contribution in [0.2, 0.25) is 0 Å². The molecule has 1 aliphatic rings. The molecule has 0 aliphatic carbocycles. The summed E-state index contributed by atoms with van der Waals surface area (Å²) in [6, 6.07) is 10.4. The lowest BCUT2D eigenvalue weighted by atomic mass is 9.98. The molecular weight excluding hydrogens is 386 g/mol. The Labute approximate surface area is 174 Å². The molecule has 6 nitrogen and oxygen atoms in total. The number of benzene rings is 1. The van der Waals surface area contributed by atoms with Crippen LogP contribution in [0.5, 0.6) is 0 Å². The molecular formula is C22H25N3O3S. The maximum Gasteiger partial charge on any atom is 0.310 e. The smallest absolute Gasteiger partial charge is 0.310 e. The fourth-order valence-corrected chi connectivity index (χ4v) is 4.81. The first-order chi connectivity index (χ1) is 14.1. The van der Waals surface area contributed by atoms with E-state index in [0.717, 1.165) is 30.1 Å². The van der Waals surface area contributed by atoms with Crippen molar-refractivity contribution < 1.29 is 14.3 Å². The number of hydrogen-bond acceptors (Lipinski definition) is 5. The SMILES string of the molecule is CCOC(=O)C1CCCN(C(=O)c2csc(-c3cc4ccccc4n3CC)n2)C1. The summed E-state index contributed by atoms with van der Waals surface area (Å²) in [4.78, 5) is 31.5. The summed E-state index contributed by atoms with van der Waals surface area (Å²) in [5.74, 6) is -0.564. The van der Waals surface area contributed by atoms with Gasteiger partial charge in [0.05, 0.1) is 18.2 Å². The predicted molar refractivity (Wildman–Crippen MR) is 114 cm³/mol. The van der Waals surface area contributed by atoms with Gasteiger partial charge in [-0.05, 0) is 38.8 Å².